The lowest BCUT2D eigenvalue weighted by atomic mass is 9.67. The van der Waals surface area contributed by atoms with Crippen LogP contribution in [-0.2, 0) is 9.59 Å². The summed E-state index contributed by atoms with van der Waals surface area (Å²) in [7, 11) is 0. The van der Waals surface area contributed by atoms with E-state index in [4.69, 9.17) is 0 Å². The van der Waals surface area contributed by atoms with Crippen LogP contribution < -0.4 is 5.32 Å². The second-order valence-corrected chi connectivity index (χ2v) is 8.79. The number of hydrogen-bond acceptors (Lipinski definition) is 4. The third kappa shape index (κ3) is 3.08. The van der Waals surface area contributed by atoms with Gasteiger partial charge in [-0.1, -0.05) is 6.42 Å². The molecule has 4 nitrogen and oxygen atoms in total. The van der Waals surface area contributed by atoms with E-state index in [0.29, 0.717) is 11.7 Å². The van der Waals surface area contributed by atoms with E-state index in [1.165, 1.54) is 17.7 Å². The minimum atomic E-state index is 0.0188. The van der Waals surface area contributed by atoms with Gasteiger partial charge < -0.3 is 5.32 Å². The van der Waals surface area contributed by atoms with Crippen LogP contribution in [0, 0.1) is 30.6 Å². The molecule has 1 aromatic heterocycles. The van der Waals surface area contributed by atoms with Crippen LogP contribution in [-0.4, -0.2) is 16.7 Å². The highest BCUT2D eigenvalue weighted by Crippen LogP contribution is 2.44. The van der Waals surface area contributed by atoms with Crippen LogP contribution in [0.15, 0.2) is 6.20 Å². The van der Waals surface area contributed by atoms with Gasteiger partial charge in [-0.05, 0) is 51.4 Å². The molecule has 3 aliphatic rings. The Labute approximate surface area is 141 Å². The molecule has 1 unspecified atom stereocenters. The third-order valence-electron chi connectivity index (χ3n) is 5.72. The van der Waals surface area contributed by atoms with Crippen LogP contribution in [0.5, 0.6) is 0 Å². The van der Waals surface area contributed by atoms with Crippen LogP contribution in [0.3, 0.4) is 0 Å². The summed E-state index contributed by atoms with van der Waals surface area (Å²) in [6, 6.07) is 0.0821. The zero-order chi connectivity index (χ0) is 16.0. The van der Waals surface area contributed by atoms with Crippen LogP contribution in [0.4, 0.5) is 0 Å². The van der Waals surface area contributed by atoms with E-state index in [1.54, 1.807) is 11.3 Å². The molecule has 4 rings (SSSR count). The lowest BCUT2D eigenvalue weighted by Gasteiger charge is -2.37. The average molecular weight is 332 g/mol. The number of thiazole rings is 1. The molecule has 3 aliphatic carbocycles. The Kier molecular flexibility index (Phi) is 4.00. The summed E-state index contributed by atoms with van der Waals surface area (Å²) < 4.78 is 0. The summed E-state index contributed by atoms with van der Waals surface area (Å²) in [4.78, 5) is 30.7. The first-order valence-electron chi connectivity index (χ1n) is 8.88. The number of aromatic nitrogens is 1. The Morgan fingerprint density at radius 2 is 1.96 bits per heavy atom. The van der Waals surface area contributed by atoms with Crippen LogP contribution in [0.2, 0.25) is 0 Å². The smallest absolute Gasteiger partial charge is 0.223 e. The van der Waals surface area contributed by atoms with Crippen molar-refractivity contribution in [1.29, 1.82) is 0 Å². The first-order valence-corrected chi connectivity index (χ1v) is 9.70. The summed E-state index contributed by atoms with van der Waals surface area (Å²) in [5.41, 5.74) is 0. The zero-order valence-electron chi connectivity index (χ0n) is 13.6. The number of carbonyl (C=O) groups excluding carboxylic acids is 2. The Bertz CT molecular complexity index is 606. The van der Waals surface area contributed by atoms with Crippen molar-refractivity contribution < 1.29 is 9.59 Å². The molecule has 1 N–H and O–H groups in total. The van der Waals surface area contributed by atoms with Crippen molar-refractivity contribution >= 4 is 23.0 Å². The van der Waals surface area contributed by atoms with Gasteiger partial charge in [0, 0.05) is 28.8 Å². The van der Waals surface area contributed by atoms with E-state index in [-0.39, 0.29) is 29.7 Å². The molecule has 3 saturated carbocycles. The molecular weight excluding hydrogens is 308 g/mol. The van der Waals surface area contributed by atoms with Gasteiger partial charge in [-0.15, -0.1) is 11.3 Å². The molecule has 4 atom stereocenters. The second-order valence-electron chi connectivity index (χ2n) is 7.53. The number of carbonyl (C=O) groups is 2. The van der Waals surface area contributed by atoms with Crippen LogP contribution in [0.25, 0.3) is 0 Å². The number of amides is 1. The van der Waals surface area contributed by atoms with Gasteiger partial charge in [-0.3, -0.25) is 9.59 Å². The predicted octanol–water partition coefficient (Wildman–Crippen LogP) is 3.41. The number of aryl methyl sites for hydroxylation is 1. The third-order valence-corrected chi connectivity index (χ3v) is 6.71. The zero-order valence-corrected chi connectivity index (χ0v) is 14.4. The lowest BCUT2D eigenvalue weighted by molar-refractivity contribution is -0.138. The molecular formula is C18H24N2O2S. The number of hydrogen-bond donors (Lipinski definition) is 1. The molecule has 0 radical (unpaired) electrons. The molecule has 0 aromatic carbocycles. The molecule has 3 fully saturated rings. The molecule has 23 heavy (non-hydrogen) atoms. The van der Waals surface area contributed by atoms with E-state index in [2.05, 4.69) is 17.2 Å². The topological polar surface area (TPSA) is 59.1 Å². The molecule has 1 heterocycles. The highest BCUT2D eigenvalue weighted by Gasteiger charge is 2.43. The fourth-order valence-electron chi connectivity index (χ4n) is 4.29. The summed E-state index contributed by atoms with van der Waals surface area (Å²) >= 11 is 1.69. The lowest BCUT2D eigenvalue weighted by Crippen LogP contribution is -2.43. The fourth-order valence-corrected chi connectivity index (χ4v) is 5.21. The summed E-state index contributed by atoms with van der Waals surface area (Å²) in [6.45, 7) is 2.06. The number of ketones is 1. The van der Waals surface area contributed by atoms with Gasteiger partial charge in [0.2, 0.25) is 5.91 Å². The van der Waals surface area contributed by atoms with E-state index in [0.717, 1.165) is 37.1 Å². The maximum atomic E-state index is 12.8. The van der Waals surface area contributed by atoms with Gasteiger partial charge >= 0.3 is 0 Å². The molecule has 0 spiro atoms. The van der Waals surface area contributed by atoms with E-state index >= 15 is 0 Å². The van der Waals surface area contributed by atoms with Crippen molar-refractivity contribution in [3.05, 3.63) is 16.1 Å². The maximum absolute atomic E-state index is 12.8. The summed E-state index contributed by atoms with van der Waals surface area (Å²) in [6.07, 6.45) is 8.89. The normalized spacial score (nSPS) is 31.7. The number of fused-ring (bicyclic) bond motifs is 2. The first-order chi connectivity index (χ1) is 11.1. The van der Waals surface area contributed by atoms with E-state index in [1.807, 2.05) is 6.20 Å². The highest BCUT2D eigenvalue weighted by molar-refractivity contribution is 7.11. The maximum Gasteiger partial charge on any atom is 0.223 e. The van der Waals surface area contributed by atoms with Crippen molar-refractivity contribution in [2.24, 2.45) is 23.7 Å². The number of Topliss-reactive ketones (excluding diaryl/α,β-unsaturated/α-hetero) is 1. The van der Waals surface area contributed by atoms with Crippen molar-refractivity contribution in [2.45, 2.75) is 57.9 Å². The number of nitrogens with one attached hydrogen (secondary N) is 1. The van der Waals surface area contributed by atoms with Gasteiger partial charge in [0.15, 0.2) is 0 Å². The summed E-state index contributed by atoms with van der Waals surface area (Å²) in [5.74, 6) is 1.42. The second kappa shape index (κ2) is 6.00. The minimum absolute atomic E-state index is 0.0188. The predicted molar refractivity (Wildman–Crippen MR) is 89.0 cm³/mol. The molecule has 2 bridgehead atoms. The van der Waals surface area contributed by atoms with Gasteiger partial charge in [-0.25, -0.2) is 4.98 Å². The molecule has 1 amide bonds. The van der Waals surface area contributed by atoms with Crippen molar-refractivity contribution in [3.63, 3.8) is 0 Å². The molecule has 1 aromatic rings. The van der Waals surface area contributed by atoms with Gasteiger partial charge in [-0.2, -0.15) is 0 Å². The Balaban J connectivity index is 1.45. The fraction of sp³-hybridized carbons (Fsp3) is 0.722. The Morgan fingerprint density at radius 1 is 1.26 bits per heavy atom. The quantitative estimate of drug-likeness (QED) is 0.919. The van der Waals surface area contributed by atoms with Crippen molar-refractivity contribution in [3.8, 4) is 0 Å². The molecule has 124 valence electrons. The van der Waals surface area contributed by atoms with Gasteiger partial charge in [0.05, 0.1) is 6.04 Å². The highest BCUT2D eigenvalue weighted by atomic mass is 32.1. The molecule has 5 heteroatoms. The molecule has 0 aliphatic heterocycles. The molecule has 0 saturated heterocycles. The average Bonchev–Trinajstić information content (AvgIpc) is 3.25. The monoisotopic (exact) mass is 332 g/mol. The van der Waals surface area contributed by atoms with E-state index in [9.17, 15) is 9.59 Å². The standard InChI is InChI=1S/C18H24N2O2S/c1-10-9-19-18(23-10)15(11-5-6-11)20-17(22)14-7-12-3-2-4-13(8-14)16(12)21/h9,11-15H,2-8H2,1H3,(H,20,22)/t12-,13+,14?,15-/m0/s1. The number of nitrogens with zero attached hydrogens (tertiary/aromatic N) is 1. The van der Waals surface area contributed by atoms with Gasteiger partial charge in [0.1, 0.15) is 10.8 Å². The minimum Gasteiger partial charge on any atom is -0.346 e. The van der Waals surface area contributed by atoms with Crippen molar-refractivity contribution in [2.75, 3.05) is 0 Å². The Hall–Kier alpha value is -1.23. The summed E-state index contributed by atoms with van der Waals surface area (Å²) in [5, 5.41) is 4.33. The largest absolute Gasteiger partial charge is 0.346 e. The first kappa shape index (κ1) is 15.3. The Morgan fingerprint density at radius 3 is 2.52 bits per heavy atom. The van der Waals surface area contributed by atoms with E-state index < -0.39 is 0 Å². The SMILES string of the molecule is Cc1cnc([C@@H](NC(=O)C2C[C@H]3CCC[C@@H](C2)C3=O)C2CC2)s1. The van der Waals surface area contributed by atoms with Crippen molar-refractivity contribution in [1.82, 2.24) is 10.3 Å². The number of rotatable bonds is 4. The van der Waals surface area contributed by atoms with Crippen LogP contribution in [0.1, 0.15) is 60.9 Å². The van der Waals surface area contributed by atoms with Crippen LogP contribution >= 0.6 is 11.3 Å². The van der Waals surface area contributed by atoms with Gasteiger partial charge in [0.25, 0.3) is 0 Å².